The summed E-state index contributed by atoms with van der Waals surface area (Å²) in [4.78, 5) is 24.4. The van der Waals surface area contributed by atoms with Crippen LogP contribution in [-0.2, 0) is 22.3 Å². The van der Waals surface area contributed by atoms with Crippen LogP contribution in [0, 0.1) is 13.8 Å². The first-order valence-corrected chi connectivity index (χ1v) is 8.85. The van der Waals surface area contributed by atoms with E-state index in [2.05, 4.69) is 5.32 Å². The van der Waals surface area contributed by atoms with Gasteiger partial charge >= 0.3 is 12.1 Å². The van der Waals surface area contributed by atoms with Gasteiger partial charge in [-0.25, -0.2) is 4.79 Å². The number of amides is 1. The minimum absolute atomic E-state index is 0.0119. The second-order valence-corrected chi connectivity index (χ2v) is 6.50. The molecule has 0 bridgehead atoms. The predicted molar refractivity (Wildman–Crippen MR) is 97.9 cm³/mol. The van der Waals surface area contributed by atoms with Crippen molar-refractivity contribution < 1.29 is 27.5 Å². The van der Waals surface area contributed by atoms with E-state index >= 15 is 0 Å². The number of hydrogen-bond acceptors (Lipinski definition) is 3. The number of aromatic nitrogens is 1. The van der Waals surface area contributed by atoms with Gasteiger partial charge in [0.05, 0.1) is 23.8 Å². The lowest BCUT2D eigenvalue weighted by Crippen LogP contribution is -2.30. The standard InChI is InChI=1S/C20H23F3N2O3/c1-5-28-19(27)17-10-12(2)25(14(17)4)11-18(26)24-13(3)15-6-8-16(9-7-15)20(21,22)23/h6-10,13H,5,11H2,1-4H3,(H,24,26). The Kier molecular flexibility index (Phi) is 6.53. The molecule has 0 radical (unpaired) electrons. The van der Waals surface area contributed by atoms with Crippen molar-refractivity contribution in [1.82, 2.24) is 9.88 Å². The van der Waals surface area contributed by atoms with Gasteiger partial charge in [-0.15, -0.1) is 0 Å². The Morgan fingerprint density at radius 3 is 2.32 bits per heavy atom. The fraction of sp³-hybridized carbons (Fsp3) is 0.400. The van der Waals surface area contributed by atoms with Gasteiger partial charge in [0.1, 0.15) is 6.54 Å². The van der Waals surface area contributed by atoms with Crippen molar-refractivity contribution in [3.05, 3.63) is 58.4 Å². The van der Waals surface area contributed by atoms with Gasteiger partial charge in [-0.3, -0.25) is 4.79 Å². The van der Waals surface area contributed by atoms with Gasteiger partial charge in [-0.1, -0.05) is 12.1 Å². The number of alkyl halides is 3. The second-order valence-electron chi connectivity index (χ2n) is 6.50. The summed E-state index contributed by atoms with van der Waals surface area (Å²) < 4.78 is 44.7. The molecule has 28 heavy (non-hydrogen) atoms. The summed E-state index contributed by atoms with van der Waals surface area (Å²) >= 11 is 0. The van der Waals surface area contributed by atoms with Crippen LogP contribution in [0.4, 0.5) is 13.2 Å². The van der Waals surface area contributed by atoms with E-state index in [0.29, 0.717) is 16.8 Å². The number of halogens is 3. The van der Waals surface area contributed by atoms with Crippen LogP contribution < -0.4 is 5.32 Å². The quantitative estimate of drug-likeness (QED) is 0.746. The highest BCUT2D eigenvalue weighted by Crippen LogP contribution is 2.29. The Morgan fingerprint density at radius 1 is 1.18 bits per heavy atom. The molecule has 1 amide bonds. The molecule has 1 atom stereocenters. The fourth-order valence-electron chi connectivity index (χ4n) is 2.93. The molecule has 1 N–H and O–H groups in total. The molecule has 0 aliphatic rings. The third-order valence-corrected chi connectivity index (χ3v) is 4.49. The number of rotatable bonds is 6. The molecule has 0 aliphatic heterocycles. The van der Waals surface area contributed by atoms with E-state index in [1.807, 2.05) is 0 Å². The number of hydrogen-bond donors (Lipinski definition) is 1. The van der Waals surface area contributed by atoms with Crippen molar-refractivity contribution in [1.29, 1.82) is 0 Å². The third kappa shape index (κ3) is 4.94. The molecule has 1 aromatic carbocycles. The Balaban J connectivity index is 2.07. The molecular weight excluding hydrogens is 373 g/mol. The number of carbonyl (C=O) groups excluding carboxylic acids is 2. The van der Waals surface area contributed by atoms with Crippen molar-refractivity contribution >= 4 is 11.9 Å². The van der Waals surface area contributed by atoms with Crippen LogP contribution in [0.25, 0.3) is 0 Å². The molecule has 0 saturated carbocycles. The van der Waals surface area contributed by atoms with E-state index in [9.17, 15) is 22.8 Å². The molecule has 2 rings (SSSR count). The first-order valence-electron chi connectivity index (χ1n) is 8.85. The number of nitrogens with zero attached hydrogens (tertiary/aromatic N) is 1. The maximum atomic E-state index is 12.7. The number of benzene rings is 1. The second kappa shape index (κ2) is 8.50. The highest BCUT2D eigenvalue weighted by molar-refractivity contribution is 5.91. The molecule has 0 saturated heterocycles. The van der Waals surface area contributed by atoms with Gasteiger partial charge in [0, 0.05) is 11.4 Å². The highest BCUT2D eigenvalue weighted by Gasteiger charge is 2.30. The zero-order chi connectivity index (χ0) is 21.1. The lowest BCUT2D eigenvalue weighted by molar-refractivity contribution is -0.137. The van der Waals surface area contributed by atoms with E-state index in [0.717, 1.165) is 17.8 Å². The topological polar surface area (TPSA) is 60.3 Å². The number of ether oxygens (including phenoxy) is 1. The molecule has 5 nitrogen and oxygen atoms in total. The van der Waals surface area contributed by atoms with Crippen LogP contribution >= 0.6 is 0 Å². The summed E-state index contributed by atoms with van der Waals surface area (Å²) in [5, 5.41) is 2.76. The van der Waals surface area contributed by atoms with Gasteiger partial charge in [-0.2, -0.15) is 13.2 Å². The Labute approximate surface area is 161 Å². The minimum atomic E-state index is -4.40. The van der Waals surface area contributed by atoms with E-state index < -0.39 is 23.8 Å². The average molecular weight is 396 g/mol. The largest absolute Gasteiger partial charge is 0.462 e. The Hall–Kier alpha value is -2.77. The summed E-state index contributed by atoms with van der Waals surface area (Å²) in [5.74, 6) is -0.759. The SMILES string of the molecule is CCOC(=O)c1cc(C)n(CC(=O)NC(C)c2ccc(C(F)(F)F)cc2)c1C. The van der Waals surface area contributed by atoms with Crippen molar-refractivity contribution in [2.45, 2.75) is 46.5 Å². The normalized spacial score (nSPS) is 12.5. The molecule has 0 fully saturated rings. The Bertz CT molecular complexity index is 855. The van der Waals surface area contributed by atoms with Crippen molar-refractivity contribution in [2.24, 2.45) is 0 Å². The van der Waals surface area contributed by atoms with Crippen LogP contribution in [0.1, 0.15) is 52.8 Å². The monoisotopic (exact) mass is 396 g/mol. The maximum Gasteiger partial charge on any atom is 0.416 e. The van der Waals surface area contributed by atoms with Crippen LogP contribution in [0.2, 0.25) is 0 Å². The van der Waals surface area contributed by atoms with E-state index in [4.69, 9.17) is 4.74 Å². The lowest BCUT2D eigenvalue weighted by Gasteiger charge is -2.17. The van der Waals surface area contributed by atoms with E-state index in [-0.39, 0.29) is 19.1 Å². The van der Waals surface area contributed by atoms with Gasteiger partial charge in [0.15, 0.2) is 0 Å². The van der Waals surface area contributed by atoms with Gasteiger partial charge in [-0.05, 0) is 51.5 Å². The summed E-state index contributed by atoms with van der Waals surface area (Å²) in [6.45, 7) is 7.16. The molecule has 1 unspecified atom stereocenters. The minimum Gasteiger partial charge on any atom is -0.462 e. The van der Waals surface area contributed by atoms with Gasteiger partial charge in [0.25, 0.3) is 0 Å². The molecule has 1 heterocycles. The van der Waals surface area contributed by atoms with E-state index in [1.165, 1.54) is 12.1 Å². The van der Waals surface area contributed by atoms with Crippen molar-refractivity contribution in [3.63, 3.8) is 0 Å². The average Bonchev–Trinajstić information content (AvgIpc) is 2.89. The Morgan fingerprint density at radius 2 is 1.79 bits per heavy atom. The first-order chi connectivity index (χ1) is 13.0. The predicted octanol–water partition coefficient (Wildman–Crippen LogP) is 4.18. The summed E-state index contributed by atoms with van der Waals surface area (Å²) in [7, 11) is 0. The number of nitrogens with one attached hydrogen (secondary N) is 1. The highest BCUT2D eigenvalue weighted by atomic mass is 19.4. The van der Waals surface area contributed by atoms with Crippen molar-refractivity contribution in [2.75, 3.05) is 6.61 Å². The molecular formula is C20H23F3N2O3. The summed E-state index contributed by atoms with van der Waals surface area (Å²) in [5.41, 5.74) is 1.59. The molecule has 8 heteroatoms. The molecule has 152 valence electrons. The smallest absolute Gasteiger partial charge is 0.416 e. The summed E-state index contributed by atoms with van der Waals surface area (Å²) in [6.07, 6.45) is -4.40. The van der Waals surface area contributed by atoms with Gasteiger partial charge in [0.2, 0.25) is 5.91 Å². The number of carbonyl (C=O) groups is 2. The number of esters is 1. The molecule has 0 aliphatic carbocycles. The maximum absolute atomic E-state index is 12.7. The van der Waals surface area contributed by atoms with Crippen molar-refractivity contribution in [3.8, 4) is 0 Å². The van der Waals surface area contributed by atoms with Gasteiger partial charge < -0.3 is 14.6 Å². The third-order valence-electron chi connectivity index (χ3n) is 4.49. The van der Waals surface area contributed by atoms with E-state index in [1.54, 1.807) is 38.3 Å². The molecule has 2 aromatic rings. The first kappa shape index (κ1) is 21.5. The zero-order valence-corrected chi connectivity index (χ0v) is 16.2. The lowest BCUT2D eigenvalue weighted by atomic mass is 10.1. The van der Waals surface area contributed by atoms with Crippen LogP contribution in [-0.4, -0.2) is 23.1 Å². The summed E-state index contributed by atoms with van der Waals surface area (Å²) in [6, 6.07) is 5.88. The fourth-order valence-corrected chi connectivity index (χ4v) is 2.93. The van der Waals surface area contributed by atoms with Crippen LogP contribution in [0.15, 0.2) is 30.3 Å². The zero-order valence-electron chi connectivity index (χ0n) is 16.2. The molecule has 0 spiro atoms. The van der Waals surface area contributed by atoms with Crippen LogP contribution in [0.3, 0.4) is 0 Å². The number of aryl methyl sites for hydroxylation is 1. The molecule has 1 aromatic heterocycles. The van der Waals surface area contributed by atoms with Crippen LogP contribution in [0.5, 0.6) is 0 Å².